The number of fused-ring (bicyclic) bond motifs is 1. The second kappa shape index (κ2) is 3.95. The van der Waals surface area contributed by atoms with E-state index in [1.807, 2.05) is 4.90 Å². The van der Waals surface area contributed by atoms with E-state index < -0.39 is 0 Å². The van der Waals surface area contributed by atoms with Gasteiger partial charge in [-0.2, -0.15) is 0 Å². The van der Waals surface area contributed by atoms with E-state index in [-0.39, 0.29) is 12.7 Å². The molecule has 2 aliphatic rings. The minimum absolute atomic E-state index is 0.0904. The smallest absolute Gasteiger partial charge is 0.254 e. The molecule has 0 bridgehead atoms. The van der Waals surface area contributed by atoms with Crippen molar-refractivity contribution in [1.82, 2.24) is 4.90 Å². The third-order valence-corrected chi connectivity index (χ3v) is 3.33. The van der Waals surface area contributed by atoms with Gasteiger partial charge in [-0.1, -0.05) is 6.92 Å². The second-order valence-electron chi connectivity index (χ2n) is 4.71. The van der Waals surface area contributed by atoms with Crippen LogP contribution in [0.3, 0.4) is 0 Å². The summed E-state index contributed by atoms with van der Waals surface area (Å²) in [5.41, 5.74) is 0.684. The SMILES string of the molecule is CC1CCN(C(=O)c2ccc3c(c2)OCO3)C1. The van der Waals surface area contributed by atoms with Crippen LogP contribution in [-0.4, -0.2) is 30.7 Å². The lowest BCUT2D eigenvalue weighted by atomic mass is 10.1. The standard InChI is InChI=1S/C13H15NO3/c1-9-4-5-14(7-9)13(15)10-2-3-11-12(6-10)17-8-16-11/h2-3,6,9H,4-5,7-8H2,1H3. The molecule has 1 unspecified atom stereocenters. The summed E-state index contributed by atoms with van der Waals surface area (Å²) in [6.07, 6.45) is 1.09. The van der Waals surface area contributed by atoms with Crippen LogP contribution in [0.5, 0.6) is 11.5 Å². The minimum Gasteiger partial charge on any atom is -0.454 e. The number of rotatable bonds is 1. The largest absolute Gasteiger partial charge is 0.454 e. The number of benzene rings is 1. The predicted molar refractivity (Wildman–Crippen MR) is 62.2 cm³/mol. The average molecular weight is 233 g/mol. The molecule has 0 spiro atoms. The van der Waals surface area contributed by atoms with E-state index in [0.29, 0.717) is 17.2 Å². The van der Waals surface area contributed by atoms with Gasteiger partial charge in [-0.05, 0) is 30.5 Å². The molecule has 1 aromatic rings. The van der Waals surface area contributed by atoms with Gasteiger partial charge < -0.3 is 14.4 Å². The van der Waals surface area contributed by atoms with Gasteiger partial charge in [0.15, 0.2) is 11.5 Å². The fourth-order valence-electron chi connectivity index (χ4n) is 2.33. The van der Waals surface area contributed by atoms with Crippen LogP contribution in [0.15, 0.2) is 18.2 Å². The molecule has 1 amide bonds. The summed E-state index contributed by atoms with van der Waals surface area (Å²) in [5, 5.41) is 0. The molecule has 1 fully saturated rings. The second-order valence-corrected chi connectivity index (χ2v) is 4.71. The summed E-state index contributed by atoms with van der Waals surface area (Å²) in [6, 6.07) is 5.38. The molecule has 1 atom stereocenters. The normalized spacial score (nSPS) is 21.9. The molecular formula is C13H15NO3. The van der Waals surface area contributed by atoms with Crippen LogP contribution in [0.2, 0.25) is 0 Å². The van der Waals surface area contributed by atoms with Crippen LogP contribution in [0.4, 0.5) is 0 Å². The summed E-state index contributed by atoms with van der Waals surface area (Å²) in [7, 11) is 0. The quantitative estimate of drug-likeness (QED) is 0.743. The van der Waals surface area contributed by atoms with Gasteiger partial charge in [0.1, 0.15) is 0 Å². The van der Waals surface area contributed by atoms with Crippen LogP contribution in [-0.2, 0) is 0 Å². The van der Waals surface area contributed by atoms with E-state index >= 15 is 0 Å². The Labute approximate surface area is 100 Å². The number of hydrogen-bond donors (Lipinski definition) is 0. The van der Waals surface area contributed by atoms with Crippen molar-refractivity contribution in [3.05, 3.63) is 23.8 Å². The van der Waals surface area contributed by atoms with Crippen molar-refractivity contribution < 1.29 is 14.3 Å². The molecule has 0 aliphatic carbocycles. The molecule has 0 N–H and O–H groups in total. The number of nitrogens with zero attached hydrogens (tertiary/aromatic N) is 1. The molecule has 90 valence electrons. The zero-order valence-corrected chi connectivity index (χ0v) is 9.81. The van der Waals surface area contributed by atoms with Crippen LogP contribution in [0.25, 0.3) is 0 Å². The topological polar surface area (TPSA) is 38.8 Å². The molecule has 4 heteroatoms. The van der Waals surface area contributed by atoms with Gasteiger partial charge in [0.05, 0.1) is 0 Å². The molecule has 2 aliphatic heterocycles. The summed E-state index contributed by atoms with van der Waals surface area (Å²) >= 11 is 0. The first-order valence-electron chi connectivity index (χ1n) is 5.93. The highest BCUT2D eigenvalue weighted by molar-refractivity contribution is 5.95. The summed E-state index contributed by atoms with van der Waals surface area (Å²) in [6.45, 7) is 4.13. The number of likely N-dealkylation sites (tertiary alicyclic amines) is 1. The third kappa shape index (κ3) is 1.84. The summed E-state index contributed by atoms with van der Waals surface area (Å²) in [5.74, 6) is 2.08. The highest BCUT2D eigenvalue weighted by atomic mass is 16.7. The molecule has 0 saturated carbocycles. The zero-order chi connectivity index (χ0) is 11.8. The third-order valence-electron chi connectivity index (χ3n) is 3.33. The molecular weight excluding hydrogens is 218 g/mol. The van der Waals surface area contributed by atoms with E-state index in [9.17, 15) is 4.79 Å². The molecule has 1 aromatic carbocycles. The van der Waals surface area contributed by atoms with Crippen LogP contribution in [0.1, 0.15) is 23.7 Å². The van der Waals surface area contributed by atoms with Gasteiger partial charge in [-0.15, -0.1) is 0 Å². The van der Waals surface area contributed by atoms with Crippen molar-refractivity contribution in [2.75, 3.05) is 19.9 Å². The Morgan fingerprint density at radius 2 is 2.18 bits per heavy atom. The van der Waals surface area contributed by atoms with Gasteiger partial charge in [0.2, 0.25) is 6.79 Å². The average Bonchev–Trinajstić information content (AvgIpc) is 2.95. The molecule has 17 heavy (non-hydrogen) atoms. The van der Waals surface area contributed by atoms with E-state index in [4.69, 9.17) is 9.47 Å². The number of carbonyl (C=O) groups excluding carboxylic acids is 1. The summed E-state index contributed by atoms with van der Waals surface area (Å²) < 4.78 is 10.5. The molecule has 2 heterocycles. The van der Waals surface area contributed by atoms with E-state index in [0.717, 1.165) is 25.3 Å². The van der Waals surface area contributed by atoms with Gasteiger partial charge in [0.25, 0.3) is 5.91 Å². The number of carbonyl (C=O) groups is 1. The lowest BCUT2D eigenvalue weighted by Crippen LogP contribution is -2.28. The van der Waals surface area contributed by atoms with Crippen LogP contribution < -0.4 is 9.47 Å². The Morgan fingerprint density at radius 3 is 2.94 bits per heavy atom. The van der Waals surface area contributed by atoms with Crippen LogP contribution in [0, 0.1) is 5.92 Å². The van der Waals surface area contributed by atoms with Crippen molar-refractivity contribution in [2.24, 2.45) is 5.92 Å². The van der Waals surface area contributed by atoms with Crippen molar-refractivity contribution in [2.45, 2.75) is 13.3 Å². The van der Waals surface area contributed by atoms with Crippen molar-refractivity contribution in [1.29, 1.82) is 0 Å². The van der Waals surface area contributed by atoms with Crippen molar-refractivity contribution in [3.8, 4) is 11.5 Å². The van der Waals surface area contributed by atoms with E-state index in [1.54, 1.807) is 18.2 Å². The number of amides is 1. The molecule has 0 radical (unpaired) electrons. The highest BCUT2D eigenvalue weighted by Gasteiger charge is 2.25. The van der Waals surface area contributed by atoms with E-state index in [2.05, 4.69) is 6.92 Å². The molecule has 0 aromatic heterocycles. The maximum absolute atomic E-state index is 12.2. The molecule has 4 nitrogen and oxygen atoms in total. The lowest BCUT2D eigenvalue weighted by molar-refractivity contribution is 0.0787. The maximum Gasteiger partial charge on any atom is 0.254 e. The Kier molecular flexibility index (Phi) is 2.42. The number of ether oxygens (including phenoxy) is 2. The molecule has 3 rings (SSSR count). The van der Waals surface area contributed by atoms with Crippen molar-refractivity contribution in [3.63, 3.8) is 0 Å². The van der Waals surface area contributed by atoms with Gasteiger partial charge >= 0.3 is 0 Å². The van der Waals surface area contributed by atoms with E-state index in [1.165, 1.54) is 0 Å². The Balaban J connectivity index is 1.82. The highest BCUT2D eigenvalue weighted by Crippen LogP contribution is 2.33. The van der Waals surface area contributed by atoms with Gasteiger partial charge in [-0.3, -0.25) is 4.79 Å². The fraction of sp³-hybridized carbons (Fsp3) is 0.462. The van der Waals surface area contributed by atoms with Crippen molar-refractivity contribution >= 4 is 5.91 Å². The maximum atomic E-state index is 12.2. The Hall–Kier alpha value is -1.71. The first-order chi connectivity index (χ1) is 8.24. The zero-order valence-electron chi connectivity index (χ0n) is 9.81. The summed E-state index contributed by atoms with van der Waals surface area (Å²) in [4.78, 5) is 14.1. The first kappa shape index (κ1) is 10.4. The number of hydrogen-bond acceptors (Lipinski definition) is 3. The Bertz CT molecular complexity index is 458. The Morgan fingerprint density at radius 1 is 1.35 bits per heavy atom. The lowest BCUT2D eigenvalue weighted by Gasteiger charge is -2.15. The van der Waals surface area contributed by atoms with Gasteiger partial charge in [0, 0.05) is 18.7 Å². The predicted octanol–water partition coefficient (Wildman–Crippen LogP) is 1.90. The first-order valence-corrected chi connectivity index (χ1v) is 5.93. The van der Waals surface area contributed by atoms with Crippen LogP contribution >= 0.6 is 0 Å². The van der Waals surface area contributed by atoms with Gasteiger partial charge in [-0.25, -0.2) is 0 Å². The fourth-order valence-corrected chi connectivity index (χ4v) is 2.33. The monoisotopic (exact) mass is 233 g/mol. The molecule has 1 saturated heterocycles. The minimum atomic E-state index is 0.0904.